The Hall–Kier alpha value is -0.0800. The van der Waals surface area contributed by atoms with E-state index in [2.05, 4.69) is 13.8 Å². The number of hydrogen-bond donors (Lipinski definition) is 2. The molecule has 3 atom stereocenters. The van der Waals surface area contributed by atoms with Crippen molar-refractivity contribution in [2.24, 2.45) is 11.8 Å². The van der Waals surface area contributed by atoms with E-state index in [4.69, 9.17) is 0 Å². The van der Waals surface area contributed by atoms with Crippen molar-refractivity contribution < 1.29 is 10.2 Å². The van der Waals surface area contributed by atoms with E-state index < -0.39 is 0 Å². The third-order valence-electron chi connectivity index (χ3n) is 3.44. The van der Waals surface area contributed by atoms with Gasteiger partial charge in [0.2, 0.25) is 0 Å². The number of hydrogen-bond acceptors (Lipinski definition) is 2. The Balaban J connectivity index is 2.33. The minimum atomic E-state index is -0.220. The second-order valence-electron chi connectivity index (χ2n) is 5.48. The van der Waals surface area contributed by atoms with Crippen molar-refractivity contribution in [3.8, 4) is 0 Å². The topological polar surface area (TPSA) is 40.5 Å². The Bertz CT molecular complexity index is 168. The van der Waals surface area contributed by atoms with Gasteiger partial charge in [-0.3, -0.25) is 0 Å². The second kappa shape index (κ2) is 6.49. The summed E-state index contributed by atoms with van der Waals surface area (Å²) in [4.78, 5) is 0. The highest BCUT2D eigenvalue weighted by Gasteiger charge is 2.24. The molecule has 1 rings (SSSR count). The normalized spacial score (nSPS) is 30.2. The van der Waals surface area contributed by atoms with Gasteiger partial charge in [-0.15, -0.1) is 0 Å². The van der Waals surface area contributed by atoms with Crippen LogP contribution >= 0.6 is 0 Å². The molecule has 0 radical (unpaired) electrons. The molecular weight excluding hydrogens is 188 g/mol. The first kappa shape index (κ1) is 13.0. The average molecular weight is 214 g/mol. The van der Waals surface area contributed by atoms with Crippen LogP contribution in [-0.2, 0) is 0 Å². The quantitative estimate of drug-likeness (QED) is 0.706. The fourth-order valence-electron chi connectivity index (χ4n) is 2.63. The lowest BCUT2D eigenvalue weighted by atomic mass is 9.89. The predicted molar refractivity (Wildman–Crippen MR) is 62.7 cm³/mol. The highest BCUT2D eigenvalue weighted by Crippen LogP contribution is 2.28. The molecule has 0 spiro atoms. The summed E-state index contributed by atoms with van der Waals surface area (Å²) in [5, 5.41) is 19.8. The first-order valence-corrected chi connectivity index (χ1v) is 6.45. The van der Waals surface area contributed by atoms with Crippen molar-refractivity contribution in [3.05, 3.63) is 0 Å². The van der Waals surface area contributed by atoms with E-state index >= 15 is 0 Å². The molecule has 2 heteroatoms. The van der Waals surface area contributed by atoms with Crippen LogP contribution < -0.4 is 0 Å². The van der Waals surface area contributed by atoms with Gasteiger partial charge in [0.15, 0.2) is 0 Å². The summed E-state index contributed by atoms with van der Waals surface area (Å²) in [7, 11) is 0. The summed E-state index contributed by atoms with van der Waals surface area (Å²) >= 11 is 0. The van der Waals surface area contributed by atoms with Gasteiger partial charge in [-0.25, -0.2) is 0 Å². The van der Waals surface area contributed by atoms with Crippen molar-refractivity contribution in [3.63, 3.8) is 0 Å². The van der Waals surface area contributed by atoms with Crippen LogP contribution in [0.5, 0.6) is 0 Å². The molecule has 0 saturated heterocycles. The minimum absolute atomic E-state index is 0.172. The molecule has 15 heavy (non-hydrogen) atoms. The van der Waals surface area contributed by atoms with Gasteiger partial charge in [-0.1, -0.05) is 33.1 Å². The van der Waals surface area contributed by atoms with Crippen molar-refractivity contribution >= 4 is 0 Å². The van der Waals surface area contributed by atoms with Gasteiger partial charge in [0.25, 0.3) is 0 Å². The molecule has 1 aliphatic carbocycles. The van der Waals surface area contributed by atoms with E-state index in [-0.39, 0.29) is 12.2 Å². The molecule has 0 bridgehead atoms. The van der Waals surface area contributed by atoms with Gasteiger partial charge in [0, 0.05) is 0 Å². The molecule has 0 amide bonds. The van der Waals surface area contributed by atoms with Gasteiger partial charge in [0.05, 0.1) is 12.2 Å². The monoisotopic (exact) mass is 214 g/mol. The Morgan fingerprint density at radius 3 is 2.47 bits per heavy atom. The summed E-state index contributed by atoms with van der Waals surface area (Å²) in [5.41, 5.74) is 0. The van der Waals surface area contributed by atoms with Crippen LogP contribution in [0.3, 0.4) is 0 Å². The van der Waals surface area contributed by atoms with Crippen LogP contribution in [0.2, 0.25) is 0 Å². The summed E-state index contributed by atoms with van der Waals surface area (Å²) in [6.07, 6.45) is 6.90. The van der Waals surface area contributed by atoms with Crippen LogP contribution in [0.25, 0.3) is 0 Å². The van der Waals surface area contributed by atoms with E-state index in [0.717, 1.165) is 32.1 Å². The van der Waals surface area contributed by atoms with Gasteiger partial charge in [-0.05, 0) is 37.5 Å². The Labute approximate surface area is 93.7 Å². The summed E-state index contributed by atoms with van der Waals surface area (Å²) in [6, 6.07) is 0. The lowest BCUT2D eigenvalue weighted by Gasteiger charge is -2.23. The van der Waals surface area contributed by atoms with Gasteiger partial charge >= 0.3 is 0 Å². The largest absolute Gasteiger partial charge is 0.393 e. The Morgan fingerprint density at radius 2 is 1.80 bits per heavy atom. The molecule has 2 N–H and O–H groups in total. The lowest BCUT2D eigenvalue weighted by molar-refractivity contribution is 0.0494. The van der Waals surface area contributed by atoms with Crippen LogP contribution in [0.4, 0.5) is 0 Å². The lowest BCUT2D eigenvalue weighted by Crippen LogP contribution is -2.24. The van der Waals surface area contributed by atoms with E-state index in [1.165, 1.54) is 12.8 Å². The van der Waals surface area contributed by atoms with E-state index in [0.29, 0.717) is 11.8 Å². The van der Waals surface area contributed by atoms with E-state index in [1.54, 1.807) is 0 Å². The highest BCUT2D eigenvalue weighted by atomic mass is 16.3. The van der Waals surface area contributed by atoms with Crippen LogP contribution in [0.15, 0.2) is 0 Å². The standard InChI is InChI=1S/C13H26O2/c1-10(2)8-12(14)9-11-6-4-3-5-7-13(11)15/h10-15H,3-9H2,1-2H3. The smallest absolute Gasteiger partial charge is 0.0569 e. The minimum Gasteiger partial charge on any atom is -0.393 e. The zero-order valence-corrected chi connectivity index (χ0v) is 10.2. The van der Waals surface area contributed by atoms with E-state index in [9.17, 15) is 10.2 Å². The fourth-order valence-corrected chi connectivity index (χ4v) is 2.63. The van der Waals surface area contributed by atoms with Crippen molar-refractivity contribution in [1.82, 2.24) is 0 Å². The molecule has 1 aliphatic rings. The van der Waals surface area contributed by atoms with E-state index in [1.807, 2.05) is 0 Å². The SMILES string of the molecule is CC(C)CC(O)CC1CCCCCC1O. The maximum Gasteiger partial charge on any atom is 0.0569 e. The van der Waals surface area contributed by atoms with Crippen LogP contribution in [-0.4, -0.2) is 22.4 Å². The molecule has 0 aromatic carbocycles. The predicted octanol–water partition coefficient (Wildman–Crippen LogP) is 2.72. The number of aliphatic hydroxyl groups excluding tert-OH is 2. The van der Waals surface area contributed by atoms with Gasteiger partial charge < -0.3 is 10.2 Å². The van der Waals surface area contributed by atoms with Crippen LogP contribution in [0.1, 0.15) is 58.8 Å². The molecule has 0 aliphatic heterocycles. The van der Waals surface area contributed by atoms with Gasteiger partial charge in [-0.2, -0.15) is 0 Å². The summed E-state index contributed by atoms with van der Waals surface area (Å²) in [5.74, 6) is 0.879. The van der Waals surface area contributed by atoms with Crippen molar-refractivity contribution in [2.75, 3.05) is 0 Å². The fraction of sp³-hybridized carbons (Fsp3) is 1.00. The molecule has 1 fully saturated rings. The third-order valence-corrected chi connectivity index (χ3v) is 3.44. The maximum absolute atomic E-state index is 9.92. The third kappa shape index (κ3) is 4.98. The molecular formula is C13H26O2. The average Bonchev–Trinajstić information content (AvgIpc) is 2.30. The first-order valence-electron chi connectivity index (χ1n) is 6.45. The highest BCUT2D eigenvalue weighted by molar-refractivity contribution is 4.76. The molecule has 0 aromatic heterocycles. The molecule has 3 unspecified atom stereocenters. The summed E-state index contributed by atoms with van der Waals surface area (Å²) < 4.78 is 0. The first-order chi connectivity index (χ1) is 7.09. The molecule has 2 nitrogen and oxygen atoms in total. The Morgan fingerprint density at radius 1 is 1.13 bits per heavy atom. The molecule has 0 heterocycles. The Kier molecular flexibility index (Phi) is 5.62. The summed E-state index contributed by atoms with van der Waals surface area (Å²) in [6.45, 7) is 4.26. The maximum atomic E-state index is 9.92. The van der Waals surface area contributed by atoms with Crippen molar-refractivity contribution in [1.29, 1.82) is 0 Å². The zero-order valence-electron chi connectivity index (χ0n) is 10.2. The van der Waals surface area contributed by atoms with Gasteiger partial charge in [0.1, 0.15) is 0 Å². The number of rotatable bonds is 4. The molecule has 90 valence electrons. The zero-order chi connectivity index (χ0) is 11.3. The van der Waals surface area contributed by atoms with Crippen LogP contribution in [0, 0.1) is 11.8 Å². The molecule has 1 saturated carbocycles. The molecule has 0 aromatic rings. The second-order valence-corrected chi connectivity index (χ2v) is 5.48. The van der Waals surface area contributed by atoms with Crippen molar-refractivity contribution in [2.45, 2.75) is 71.0 Å². The number of aliphatic hydroxyl groups is 2.